The molecule has 3 heteroatoms. The van der Waals surface area contributed by atoms with Crippen LogP contribution in [0.3, 0.4) is 0 Å². The van der Waals surface area contributed by atoms with Crippen molar-refractivity contribution < 1.29 is 14.3 Å². The maximum atomic E-state index is 9.88. The molecule has 0 atom stereocenters. The molecule has 0 N–H and O–H groups in total. The van der Waals surface area contributed by atoms with Crippen LogP contribution in [0.1, 0.15) is 20.3 Å². The Bertz CT molecular complexity index is 76.9. The molecule has 0 aliphatic rings. The fraction of sp³-hybridized carbons (Fsp3) is 0.857. The first kappa shape index (κ1) is 9.59. The molecule has 0 aliphatic heterocycles. The van der Waals surface area contributed by atoms with Gasteiger partial charge in [0.05, 0.1) is 6.42 Å². The molecule has 1 radical (unpaired) electrons. The topological polar surface area (TPSA) is 35.5 Å². The molecule has 0 spiro atoms. The molecule has 10 heavy (non-hydrogen) atoms. The van der Waals surface area contributed by atoms with Crippen molar-refractivity contribution in [3.63, 3.8) is 0 Å². The van der Waals surface area contributed by atoms with E-state index in [2.05, 4.69) is 0 Å². The van der Waals surface area contributed by atoms with Crippen molar-refractivity contribution in [2.75, 3.05) is 13.2 Å². The van der Waals surface area contributed by atoms with Gasteiger partial charge >= 0.3 is 0 Å². The molecule has 0 aromatic heterocycles. The first-order valence-electron chi connectivity index (χ1n) is 3.43. The number of carbonyl (C=O) groups excluding carboxylic acids is 1. The van der Waals surface area contributed by atoms with E-state index in [1.54, 1.807) is 6.29 Å². The summed E-state index contributed by atoms with van der Waals surface area (Å²) in [6.07, 6.45) is 1.54. The van der Waals surface area contributed by atoms with E-state index in [1.807, 2.05) is 13.8 Å². The zero-order chi connectivity index (χ0) is 7.82. The highest BCUT2D eigenvalue weighted by Crippen LogP contribution is 1.97. The Labute approximate surface area is 61.3 Å². The van der Waals surface area contributed by atoms with Crippen molar-refractivity contribution in [1.82, 2.24) is 0 Å². The van der Waals surface area contributed by atoms with Crippen LogP contribution in [0, 0.1) is 0 Å². The Kier molecular flexibility index (Phi) is 6.43. The number of hydrogen-bond donors (Lipinski definition) is 0. The molecule has 0 amide bonds. The van der Waals surface area contributed by atoms with Gasteiger partial charge in [-0.25, -0.2) is 0 Å². The van der Waals surface area contributed by atoms with Crippen molar-refractivity contribution in [3.8, 4) is 0 Å². The highest BCUT2D eigenvalue weighted by Gasteiger charge is 2.05. The molecular formula is C7H13O3. The molecule has 0 rings (SSSR count). The predicted molar refractivity (Wildman–Crippen MR) is 37.4 cm³/mol. The Balaban J connectivity index is 3.38. The zero-order valence-corrected chi connectivity index (χ0v) is 6.42. The minimum atomic E-state index is -0.396. The van der Waals surface area contributed by atoms with Gasteiger partial charge in [-0.1, -0.05) is 0 Å². The largest absolute Gasteiger partial charge is 0.352 e. The summed E-state index contributed by atoms with van der Waals surface area (Å²) < 4.78 is 10.1. The minimum Gasteiger partial charge on any atom is -0.352 e. The molecule has 0 aromatic carbocycles. The molecule has 0 saturated carbocycles. The van der Waals surface area contributed by atoms with Gasteiger partial charge < -0.3 is 9.47 Å². The lowest BCUT2D eigenvalue weighted by atomic mass is 10.4. The van der Waals surface area contributed by atoms with Gasteiger partial charge in [-0.2, -0.15) is 0 Å². The monoisotopic (exact) mass is 145 g/mol. The van der Waals surface area contributed by atoms with Gasteiger partial charge in [0.15, 0.2) is 6.29 Å². The van der Waals surface area contributed by atoms with E-state index < -0.39 is 6.29 Å². The van der Waals surface area contributed by atoms with Crippen molar-refractivity contribution in [2.45, 2.75) is 26.6 Å². The van der Waals surface area contributed by atoms with E-state index >= 15 is 0 Å². The molecule has 0 fully saturated rings. The number of hydrogen-bond acceptors (Lipinski definition) is 3. The van der Waals surface area contributed by atoms with E-state index in [0.29, 0.717) is 13.2 Å². The molecule has 0 saturated heterocycles. The van der Waals surface area contributed by atoms with Crippen LogP contribution in [0.5, 0.6) is 0 Å². The standard InChI is InChI=1S/C7H13O3/c1-3-9-7(5-6-8)10-4-2/h7H,3-5H2,1-2H3. The van der Waals surface area contributed by atoms with Crippen LogP contribution < -0.4 is 0 Å². The van der Waals surface area contributed by atoms with Crippen molar-refractivity contribution in [1.29, 1.82) is 0 Å². The molecular weight excluding hydrogens is 132 g/mol. The van der Waals surface area contributed by atoms with E-state index in [-0.39, 0.29) is 6.42 Å². The summed E-state index contributed by atoms with van der Waals surface area (Å²) in [7, 11) is 0. The first-order valence-corrected chi connectivity index (χ1v) is 3.43. The summed E-state index contributed by atoms with van der Waals surface area (Å²) in [4.78, 5) is 9.88. The lowest BCUT2D eigenvalue weighted by molar-refractivity contribution is -0.130. The van der Waals surface area contributed by atoms with Gasteiger partial charge in [0.2, 0.25) is 6.29 Å². The van der Waals surface area contributed by atoms with E-state index in [4.69, 9.17) is 9.47 Å². The number of ether oxygens (including phenoxy) is 2. The fourth-order valence-electron chi connectivity index (χ4n) is 0.606. The average Bonchev–Trinajstić information content (AvgIpc) is 1.90. The summed E-state index contributed by atoms with van der Waals surface area (Å²) in [5.41, 5.74) is 0. The van der Waals surface area contributed by atoms with Crippen LogP contribution in [-0.2, 0) is 14.3 Å². The van der Waals surface area contributed by atoms with Crippen LogP contribution in [0.2, 0.25) is 0 Å². The Morgan fingerprint density at radius 1 is 1.30 bits per heavy atom. The normalized spacial score (nSPS) is 10.3. The van der Waals surface area contributed by atoms with Gasteiger partial charge in [-0.15, -0.1) is 0 Å². The smallest absolute Gasteiger partial charge is 0.203 e. The van der Waals surface area contributed by atoms with Gasteiger partial charge in [-0.05, 0) is 13.8 Å². The summed E-state index contributed by atoms with van der Waals surface area (Å²) in [6.45, 7) is 4.84. The van der Waals surface area contributed by atoms with Crippen LogP contribution in [0.25, 0.3) is 0 Å². The Hall–Kier alpha value is -0.410. The Morgan fingerprint density at radius 3 is 2.10 bits per heavy atom. The summed E-state index contributed by atoms with van der Waals surface area (Å²) in [5, 5.41) is 0. The van der Waals surface area contributed by atoms with Crippen molar-refractivity contribution in [3.05, 3.63) is 0 Å². The maximum absolute atomic E-state index is 9.88. The zero-order valence-electron chi connectivity index (χ0n) is 6.42. The van der Waals surface area contributed by atoms with Gasteiger partial charge in [0, 0.05) is 13.2 Å². The third-order valence-corrected chi connectivity index (χ3v) is 0.955. The van der Waals surface area contributed by atoms with Crippen LogP contribution >= 0.6 is 0 Å². The molecule has 0 aromatic rings. The highest BCUT2D eigenvalue weighted by atomic mass is 16.7. The summed E-state index contributed by atoms with van der Waals surface area (Å²) >= 11 is 0. The second kappa shape index (κ2) is 6.71. The molecule has 0 bridgehead atoms. The SMILES string of the molecule is CCOC(C[C]=O)OCC. The molecule has 0 unspecified atom stereocenters. The van der Waals surface area contributed by atoms with Crippen molar-refractivity contribution >= 4 is 6.29 Å². The van der Waals surface area contributed by atoms with E-state index in [9.17, 15) is 4.79 Å². The maximum Gasteiger partial charge on any atom is 0.203 e. The highest BCUT2D eigenvalue weighted by molar-refractivity contribution is 5.50. The lowest BCUT2D eigenvalue weighted by Crippen LogP contribution is -2.17. The second-order valence-electron chi connectivity index (χ2n) is 1.69. The lowest BCUT2D eigenvalue weighted by Gasteiger charge is -2.12. The number of rotatable bonds is 6. The second-order valence-corrected chi connectivity index (χ2v) is 1.69. The summed E-state index contributed by atoms with van der Waals surface area (Å²) in [5.74, 6) is 0. The third kappa shape index (κ3) is 4.47. The van der Waals surface area contributed by atoms with Crippen LogP contribution in [0.4, 0.5) is 0 Å². The first-order chi connectivity index (χ1) is 4.85. The van der Waals surface area contributed by atoms with E-state index in [0.717, 1.165) is 0 Å². The van der Waals surface area contributed by atoms with E-state index in [1.165, 1.54) is 0 Å². The average molecular weight is 145 g/mol. The van der Waals surface area contributed by atoms with Crippen molar-refractivity contribution in [2.24, 2.45) is 0 Å². The predicted octanol–water partition coefficient (Wildman–Crippen LogP) is 0.885. The van der Waals surface area contributed by atoms with Crippen LogP contribution in [-0.4, -0.2) is 25.8 Å². The van der Waals surface area contributed by atoms with Gasteiger partial charge in [0.1, 0.15) is 0 Å². The van der Waals surface area contributed by atoms with Crippen LogP contribution in [0.15, 0.2) is 0 Å². The van der Waals surface area contributed by atoms with Gasteiger partial charge in [0.25, 0.3) is 0 Å². The molecule has 3 nitrogen and oxygen atoms in total. The third-order valence-electron chi connectivity index (χ3n) is 0.955. The molecule has 0 aliphatic carbocycles. The molecule has 59 valence electrons. The minimum absolute atomic E-state index is 0.196. The van der Waals surface area contributed by atoms with Gasteiger partial charge in [-0.3, -0.25) is 4.79 Å². The Morgan fingerprint density at radius 2 is 1.80 bits per heavy atom. The quantitative estimate of drug-likeness (QED) is 0.520. The molecule has 0 heterocycles. The fourth-order valence-corrected chi connectivity index (χ4v) is 0.606. The summed E-state index contributed by atoms with van der Waals surface area (Å²) in [6, 6.07) is 0.